The van der Waals surface area contributed by atoms with E-state index in [4.69, 9.17) is 22.4 Å². The highest BCUT2D eigenvalue weighted by molar-refractivity contribution is 6.30. The molecule has 1 aromatic carbocycles. The van der Waals surface area contributed by atoms with Crippen LogP contribution in [0, 0.1) is 0 Å². The highest BCUT2D eigenvalue weighted by Gasteiger charge is 2.38. The third-order valence-corrected chi connectivity index (χ3v) is 3.85. The Morgan fingerprint density at radius 1 is 1.22 bits per heavy atom. The van der Waals surface area contributed by atoms with Gasteiger partial charge in [-0.25, -0.2) is 0 Å². The molecule has 23 heavy (non-hydrogen) atoms. The first-order chi connectivity index (χ1) is 10.8. The van der Waals surface area contributed by atoms with Crippen molar-refractivity contribution in [3.05, 3.63) is 29.3 Å². The van der Waals surface area contributed by atoms with Crippen LogP contribution >= 0.6 is 11.6 Å². The molecule has 9 heteroatoms. The van der Waals surface area contributed by atoms with Crippen LogP contribution in [-0.4, -0.2) is 61.0 Å². The number of nitrogens with two attached hydrogens (primary N) is 1. The minimum Gasteiger partial charge on any atom is -0.382 e. The van der Waals surface area contributed by atoms with Crippen LogP contribution in [0.5, 0.6) is 0 Å². The number of guanidine groups is 1. The Kier molecular flexibility index (Phi) is 5.59. The number of anilines is 1. The summed E-state index contributed by atoms with van der Waals surface area (Å²) in [6, 6.07) is 7.43. The first-order valence-corrected chi connectivity index (χ1v) is 7.45. The van der Waals surface area contributed by atoms with Crippen LogP contribution in [-0.2, 0) is 0 Å². The van der Waals surface area contributed by atoms with Crippen LogP contribution < -0.4 is 10.6 Å². The van der Waals surface area contributed by atoms with E-state index in [1.54, 1.807) is 17.0 Å². The number of alkyl halides is 3. The Morgan fingerprint density at radius 3 is 2.30 bits per heavy atom. The number of nitrogens with zero attached hydrogens (tertiary/aromatic N) is 3. The molecule has 2 rings (SSSR count). The summed E-state index contributed by atoms with van der Waals surface area (Å²) in [6.45, 7) is 1.63. The lowest BCUT2D eigenvalue weighted by molar-refractivity contribution is -0.199. The average molecular weight is 351 g/mol. The lowest BCUT2D eigenvalue weighted by atomic mass is 10.2. The van der Waals surface area contributed by atoms with Crippen molar-refractivity contribution in [2.24, 2.45) is 10.7 Å². The second-order valence-corrected chi connectivity index (χ2v) is 5.64. The van der Waals surface area contributed by atoms with E-state index in [-0.39, 0.29) is 5.96 Å². The number of hydrogen-bond acceptors (Lipinski definition) is 3. The van der Waals surface area contributed by atoms with Gasteiger partial charge in [-0.15, -0.1) is 0 Å². The minimum absolute atomic E-state index is 0.0176. The number of aliphatic imine (C=N–C) groups is 1. The Hall–Kier alpha value is -1.67. The van der Waals surface area contributed by atoms with Gasteiger partial charge in [0.15, 0.2) is 12.1 Å². The molecule has 1 aliphatic rings. The summed E-state index contributed by atoms with van der Waals surface area (Å²) in [5.74, 6) is 0.0176. The van der Waals surface area contributed by atoms with Crippen LogP contribution in [0.1, 0.15) is 0 Å². The summed E-state index contributed by atoms with van der Waals surface area (Å²) >= 11 is 5.85. The van der Waals surface area contributed by atoms with E-state index in [0.29, 0.717) is 31.2 Å². The molecular weight excluding hydrogens is 333 g/mol. The van der Waals surface area contributed by atoms with Crippen molar-refractivity contribution < 1.29 is 18.3 Å². The number of aliphatic hydroxyl groups excluding tert-OH is 1. The maximum atomic E-state index is 12.2. The number of hydrogen-bond donors (Lipinski definition) is 2. The van der Waals surface area contributed by atoms with Gasteiger partial charge in [0, 0.05) is 36.9 Å². The number of piperazine rings is 1. The maximum absolute atomic E-state index is 12.2. The van der Waals surface area contributed by atoms with Crippen LogP contribution in [0.3, 0.4) is 0 Å². The van der Waals surface area contributed by atoms with Gasteiger partial charge in [-0.1, -0.05) is 11.6 Å². The topological polar surface area (TPSA) is 65.1 Å². The molecule has 0 aliphatic carbocycles. The first kappa shape index (κ1) is 17.7. The van der Waals surface area contributed by atoms with Crippen molar-refractivity contribution in [3.63, 3.8) is 0 Å². The van der Waals surface area contributed by atoms with Gasteiger partial charge in [0.1, 0.15) is 0 Å². The van der Waals surface area contributed by atoms with Gasteiger partial charge in [-0.05, 0) is 24.3 Å². The van der Waals surface area contributed by atoms with Crippen molar-refractivity contribution in [2.75, 3.05) is 37.6 Å². The molecule has 1 saturated heterocycles. The summed E-state index contributed by atoms with van der Waals surface area (Å²) in [5.41, 5.74) is 6.73. The highest BCUT2D eigenvalue weighted by Crippen LogP contribution is 2.21. The molecule has 1 aliphatic heterocycles. The van der Waals surface area contributed by atoms with Crippen molar-refractivity contribution in [1.29, 1.82) is 0 Å². The van der Waals surface area contributed by atoms with Crippen molar-refractivity contribution >= 4 is 23.2 Å². The van der Waals surface area contributed by atoms with E-state index >= 15 is 0 Å². The molecule has 1 heterocycles. The number of halogens is 4. The Morgan fingerprint density at radius 2 is 1.78 bits per heavy atom. The zero-order valence-electron chi connectivity index (χ0n) is 12.3. The third kappa shape index (κ3) is 4.90. The second kappa shape index (κ2) is 7.27. The largest absolute Gasteiger partial charge is 0.416 e. The normalized spacial score (nSPS) is 18.2. The highest BCUT2D eigenvalue weighted by atomic mass is 35.5. The number of rotatable bonds is 3. The number of benzene rings is 1. The molecule has 1 aromatic rings. The Bertz CT molecular complexity index is 542. The molecule has 3 N–H and O–H groups in total. The van der Waals surface area contributed by atoms with E-state index < -0.39 is 18.8 Å². The lowest BCUT2D eigenvalue weighted by Gasteiger charge is -2.36. The van der Waals surface area contributed by atoms with Crippen molar-refractivity contribution in [3.8, 4) is 0 Å². The van der Waals surface area contributed by atoms with Gasteiger partial charge >= 0.3 is 6.18 Å². The molecule has 1 fully saturated rings. The standard InChI is InChI=1S/C14H18ClF3N4O/c15-10-1-3-11(4-2-10)21-5-7-22(8-6-21)13(19)20-9-12(23)14(16,17)18/h1-4,12,23H,5-9H2,(H2,19,20). The Balaban J connectivity index is 1.87. The summed E-state index contributed by atoms with van der Waals surface area (Å²) in [7, 11) is 0. The Labute approximate surface area is 137 Å². The van der Waals surface area contributed by atoms with E-state index in [2.05, 4.69) is 9.89 Å². The predicted molar refractivity (Wildman–Crippen MR) is 83.8 cm³/mol. The molecule has 0 spiro atoms. The second-order valence-electron chi connectivity index (χ2n) is 5.21. The van der Waals surface area contributed by atoms with Crippen molar-refractivity contribution in [2.45, 2.75) is 12.3 Å². The quantitative estimate of drug-likeness (QED) is 0.643. The van der Waals surface area contributed by atoms with E-state index in [1.807, 2.05) is 12.1 Å². The molecule has 1 unspecified atom stereocenters. The third-order valence-electron chi connectivity index (χ3n) is 3.60. The lowest BCUT2D eigenvalue weighted by Crippen LogP contribution is -2.51. The fourth-order valence-electron chi connectivity index (χ4n) is 2.23. The minimum atomic E-state index is -4.68. The molecule has 0 saturated carbocycles. The number of aliphatic hydroxyl groups is 1. The zero-order valence-corrected chi connectivity index (χ0v) is 13.1. The van der Waals surface area contributed by atoms with Gasteiger partial charge in [-0.3, -0.25) is 4.99 Å². The van der Waals surface area contributed by atoms with Gasteiger partial charge in [-0.2, -0.15) is 13.2 Å². The monoisotopic (exact) mass is 350 g/mol. The van der Waals surface area contributed by atoms with E-state index in [1.165, 1.54) is 0 Å². The summed E-state index contributed by atoms with van der Waals surface area (Å²) in [4.78, 5) is 7.47. The molecule has 1 atom stereocenters. The molecule has 5 nitrogen and oxygen atoms in total. The van der Waals surface area contributed by atoms with E-state index in [0.717, 1.165) is 5.69 Å². The molecule has 0 bridgehead atoms. The summed E-state index contributed by atoms with van der Waals surface area (Å²) in [5, 5.41) is 9.58. The van der Waals surface area contributed by atoms with Gasteiger partial charge < -0.3 is 20.6 Å². The van der Waals surface area contributed by atoms with Gasteiger partial charge in [0.2, 0.25) is 0 Å². The van der Waals surface area contributed by atoms with Crippen molar-refractivity contribution in [1.82, 2.24) is 4.90 Å². The van der Waals surface area contributed by atoms with Crippen LogP contribution in [0.2, 0.25) is 5.02 Å². The molecule has 0 aromatic heterocycles. The zero-order chi connectivity index (χ0) is 17.0. The summed E-state index contributed by atoms with van der Waals surface area (Å²) in [6.07, 6.45) is -7.17. The smallest absolute Gasteiger partial charge is 0.382 e. The summed E-state index contributed by atoms with van der Waals surface area (Å²) < 4.78 is 36.7. The molecule has 0 amide bonds. The fraction of sp³-hybridized carbons (Fsp3) is 0.500. The average Bonchev–Trinajstić information content (AvgIpc) is 2.52. The molecule has 128 valence electrons. The van der Waals surface area contributed by atoms with Gasteiger partial charge in [0.05, 0.1) is 6.54 Å². The maximum Gasteiger partial charge on any atom is 0.416 e. The van der Waals surface area contributed by atoms with Crippen LogP contribution in [0.25, 0.3) is 0 Å². The van der Waals surface area contributed by atoms with Gasteiger partial charge in [0.25, 0.3) is 0 Å². The van der Waals surface area contributed by atoms with E-state index in [9.17, 15) is 13.2 Å². The first-order valence-electron chi connectivity index (χ1n) is 7.07. The predicted octanol–water partition coefficient (Wildman–Crippen LogP) is 1.70. The SMILES string of the molecule is NC(=NCC(O)C(F)(F)F)N1CCN(c2ccc(Cl)cc2)CC1. The van der Waals surface area contributed by atoms with Crippen LogP contribution in [0.4, 0.5) is 18.9 Å². The van der Waals surface area contributed by atoms with Crippen LogP contribution in [0.15, 0.2) is 29.3 Å². The molecule has 0 radical (unpaired) electrons. The fourth-order valence-corrected chi connectivity index (χ4v) is 2.36. The molecular formula is C14H18ClF3N4O.